The van der Waals surface area contributed by atoms with Crippen LogP contribution in [0.2, 0.25) is 0 Å². The summed E-state index contributed by atoms with van der Waals surface area (Å²) in [7, 11) is 0. The molecule has 12 heavy (non-hydrogen) atoms. The molecule has 0 amide bonds. The van der Waals surface area contributed by atoms with Crippen LogP contribution in [0.1, 0.15) is 5.56 Å². The average Bonchev–Trinajstić information content (AvgIpc) is 2.07. The number of benzene rings is 1. The van der Waals surface area contributed by atoms with Gasteiger partial charge in [-0.2, -0.15) is 0 Å². The first-order valence-electron chi connectivity index (χ1n) is 3.67. The Labute approximate surface area is 80.4 Å². The maximum atomic E-state index is 5.12. The topological polar surface area (TPSA) is 50.1 Å². The Bertz CT molecular complexity index is 262. The van der Waals surface area contributed by atoms with Crippen molar-refractivity contribution < 1.29 is 0 Å². The monoisotopic (exact) mass is 229 g/mol. The van der Waals surface area contributed by atoms with Gasteiger partial charge in [-0.3, -0.25) is 5.84 Å². The second-order valence-corrected chi connectivity index (χ2v) is 3.38. The van der Waals surface area contributed by atoms with Gasteiger partial charge in [0.05, 0.1) is 6.67 Å². The van der Waals surface area contributed by atoms with E-state index in [1.165, 1.54) is 5.56 Å². The molecule has 0 unspecified atom stereocenters. The largest absolute Gasteiger partial charge is 0.371 e. The van der Waals surface area contributed by atoms with Crippen LogP contribution in [0, 0.1) is 6.92 Å². The van der Waals surface area contributed by atoms with Gasteiger partial charge in [0.25, 0.3) is 0 Å². The summed E-state index contributed by atoms with van der Waals surface area (Å²) in [5.41, 5.74) is 4.79. The van der Waals surface area contributed by atoms with Gasteiger partial charge in [0.1, 0.15) is 0 Å². The Hall–Kier alpha value is -0.580. The fraction of sp³-hybridized carbons (Fsp3) is 0.250. The third-order valence-corrected chi connectivity index (χ3v) is 2.42. The van der Waals surface area contributed by atoms with Gasteiger partial charge in [-0.05, 0) is 24.6 Å². The minimum Gasteiger partial charge on any atom is -0.371 e. The van der Waals surface area contributed by atoms with E-state index in [1.54, 1.807) is 0 Å². The third-order valence-electron chi connectivity index (χ3n) is 1.57. The lowest BCUT2D eigenvalue weighted by molar-refractivity contribution is 0.790. The van der Waals surface area contributed by atoms with Gasteiger partial charge in [0.15, 0.2) is 0 Å². The van der Waals surface area contributed by atoms with Crippen molar-refractivity contribution in [3.05, 3.63) is 28.2 Å². The van der Waals surface area contributed by atoms with Crippen molar-refractivity contribution in [3.8, 4) is 0 Å². The molecular weight excluding hydrogens is 218 g/mol. The van der Waals surface area contributed by atoms with Crippen molar-refractivity contribution in [1.82, 2.24) is 5.43 Å². The maximum Gasteiger partial charge on any atom is 0.0780 e. The molecule has 3 nitrogen and oxygen atoms in total. The van der Waals surface area contributed by atoms with E-state index < -0.39 is 0 Å². The van der Waals surface area contributed by atoms with Crippen LogP contribution in [0.15, 0.2) is 22.7 Å². The van der Waals surface area contributed by atoms with E-state index >= 15 is 0 Å². The van der Waals surface area contributed by atoms with Gasteiger partial charge in [0.2, 0.25) is 0 Å². The second kappa shape index (κ2) is 4.45. The van der Waals surface area contributed by atoms with Crippen LogP contribution in [-0.2, 0) is 0 Å². The zero-order chi connectivity index (χ0) is 8.97. The summed E-state index contributed by atoms with van der Waals surface area (Å²) in [6.07, 6.45) is 0. The van der Waals surface area contributed by atoms with E-state index in [0.717, 1.165) is 10.2 Å². The Morgan fingerprint density at radius 2 is 2.25 bits per heavy atom. The fourth-order valence-electron chi connectivity index (χ4n) is 0.856. The summed E-state index contributed by atoms with van der Waals surface area (Å²) in [6.45, 7) is 2.62. The molecule has 1 aromatic carbocycles. The van der Waals surface area contributed by atoms with Crippen LogP contribution in [0.25, 0.3) is 0 Å². The summed E-state index contributed by atoms with van der Waals surface area (Å²) in [5, 5.41) is 3.10. The van der Waals surface area contributed by atoms with Crippen molar-refractivity contribution >= 4 is 21.6 Å². The van der Waals surface area contributed by atoms with Gasteiger partial charge in [0, 0.05) is 10.2 Å². The molecular formula is C8H12BrN3. The molecule has 0 saturated heterocycles. The minimum absolute atomic E-state index is 0.565. The quantitative estimate of drug-likeness (QED) is 0.420. The van der Waals surface area contributed by atoms with E-state index in [1.807, 2.05) is 18.2 Å². The predicted octanol–water partition coefficient (Wildman–Crippen LogP) is 1.59. The highest BCUT2D eigenvalue weighted by atomic mass is 79.9. The van der Waals surface area contributed by atoms with Crippen molar-refractivity contribution in [1.29, 1.82) is 0 Å². The minimum atomic E-state index is 0.565. The molecule has 0 spiro atoms. The number of hydrazine groups is 1. The summed E-state index contributed by atoms with van der Waals surface area (Å²) in [4.78, 5) is 0. The highest BCUT2D eigenvalue weighted by molar-refractivity contribution is 9.10. The molecule has 0 aliphatic heterocycles. The molecule has 1 aromatic rings. The predicted molar refractivity (Wildman–Crippen MR) is 54.7 cm³/mol. The molecule has 0 radical (unpaired) electrons. The third kappa shape index (κ3) is 2.48. The summed E-state index contributed by atoms with van der Waals surface area (Å²) in [5.74, 6) is 5.12. The first-order chi connectivity index (χ1) is 5.74. The number of hydrogen-bond donors (Lipinski definition) is 3. The molecule has 4 heteroatoms. The van der Waals surface area contributed by atoms with Crippen LogP contribution in [0.3, 0.4) is 0 Å². The molecule has 0 heterocycles. The Kier molecular flexibility index (Phi) is 3.52. The lowest BCUT2D eigenvalue weighted by atomic mass is 10.2. The number of anilines is 1. The lowest BCUT2D eigenvalue weighted by Gasteiger charge is -2.06. The molecule has 0 saturated carbocycles. The van der Waals surface area contributed by atoms with Gasteiger partial charge in [-0.15, -0.1) is 0 Å². The smallest absolute Gasteiger partial charge is 0.0780 e. The van der Waals surface area contributed by atoms with Crippen molar-refractivity contribution in [2.75, 3.05) is 12.0 Å². The van der Waals surface area contributed by atoms with Gasteiger partial charge < -0.3 is 5.32 Å². The second-order valence-electron chi connectivity index (χ2n) is 2.52. The molecule has 66 valence electrons. The van der Waals surface area contributed by atoms with Crippen molar-refractivity contribution in [3.63, 3.8) is 0 Å². The molecule has 0 aliphatic rings. The van der Waals surface area contributed by atoms with Gasteiger partial charge >= 0.3 is 0 Å². The molecule has 0 bridgehead atoms. The average molecular weight is 230 g/mol. The molecule has 4 N–H and O–H groups in total. The zero-order valence-electron chi connectivity index (χ0n) is 6.89. The normalized spacial score (nSPS) is 9.92. The fourth-order valence-corrected chi connectivity index (χ4v) is 1.23. The molecule has 0 aliphatic carbocycles. The van der Waals surface area contributed by atoms with Crippen LogP contribution < -0.4 is 16.6 Å². The number of nitrogens with one attached hydrogen (secondary N) is 2. The number of rotatable bonds is 3. The first kappa shape index (κ1) is 9.51. The summed E-state index contributed by atoms with van der Waals surface area (Å²) < 4.78 is 1.10. The Morgan fingerprint density at radius 3 is 2.83 bits per heavy atom. The lowest BCUT2D eigenvalue weighted by Crippen LogP contribution is -2.28. The summed E-state index contributed by atoms with van der Waals surface area (Å²) in [6, 6.07) is 6.08. The SMILES string of the molecule is Cc1ccc(NCNN)cc1Br. The van der Waals surface area contributed by atoms with Crippen LogP contribution in [0.5, 0.6) is 0 Å². The Morgan fingerprint density at radius 1 is 1.50 bits per heavy atom. The zero-order valence-corrected chi connectivity index (χ0v) is 8.48. The molecule has 1 rings (SSSR count). The highest BCUT2D eigenvalue weighted by Crippen LogP contribution is 2.19. The van der Waals surface area contributed by atoms with E-state index in [0.29, 0.717) is 6.67 Å². The van der Waals surface area contributed by atoms with E-state index in [4.69, 9.17) is 5.84 Å². The Balaban J connectivity index is 2.69. The summed E-state index contributed by atoms with van der Waals surface area (Å²) >= 11 is 3.45. The number of aryl methyl sites for hydroxylation is 1. The van der Waals surface area contributed by atoms with Gasteiger partial charge in [-0.1, -0.05) is 22.0 Å². The van der Waals surface area contributed by atoms with Crippen LogP contribution in [-0.4, -0.2) is 6.67 Å². The molecule has 0 atom stereocenters. The number of hydrogen-bond acceptors (Lipinski definition) is 3. The first-order valence-corrected chi connectivity index (χ1v) is 4.47. The standard InChI is InChI=1S/C8H12BrN3/c1-6-2-3-7(4-8(6)9)11-5-12-10/h2-4,11-12H,5,10H2,1H3. The number of nitrogens with two attached hydrogens (primary N) is 1. The van der Waals surface area contributed by atoms with Crippen LogP contribution >= 0.6 is 15.9 Å². The molecule has 0 fully saturated rings. The van der Waals surface area contributed by atoms with E-state index in [9.17, 15) is 0 Å². The maximum absolute atomic E-state index is 5.12. The van der Waals surface area contributed by atoms with Crippen molar-refractivity contribution in [2.24, 2.45) is 5.84 Å². The van der Waals surface area contributed by atoms with Gasteiger partial charge in [-0.25, -0.2) is 5.43 Å². The number of halogens is 1. The van der Waals surface area contributed by atoms with E-state index in [2.05, 4.69) is 33.6 Å². The molecule has 0 aromatic heterocycles. The highest BCUT2D eigenvalue weighted by Gasteiger charge is 1.95. The van der Waals surface area contributed by atoms with Crippen LogP contribution in [0.4, 0.5) is 5.69 Å². The van der Waals surface area contributed by atoms with E-state index in [-0.39, 0.29) is 0 Å². The van der Waals surface area contributed by atoms with Crippen molar-refractivity contribution in [2.45, 2.75) is 6.92 Å².